The number of rotatable bonds is 5. The van der Waals surface area contributed by atoms with Crippen LogP contribution in [0.1, 0.15) is 20.3 Å². The molecule has 0 aliphatic carbocycles. The molecule has 0 spiro atoms. The van der Waals surface area contributed by atoms with Gasteiger partial charge >= 0.3 is 5.97 Å². The third-order valence-electron chi connectivity index (χ3n) is 1.95. The highest BCUT2D eigenvalue weighted by Crippen LogP contribution is 2.21. The topological polar surface area (TPSA) is 66.8 Å². The van der Waals surface area contributed by atoms with E-state index in [0.29, 0.717) is 6.42 Å². The molecule has 0 saturated heterocycles. The Morgan fingerprint density at radius 2 is 2.08 bits per heavy atom. The van der Waals surface area contributed by atoms with E-state index in [1.54, 1.807) is 13.8 Å². The van der Waals surface area contributed by atoms with Gasteiger partial charge in [0, 0.05) is 0 Å². The maximum atomic E-state index is 11.2. The maximum Gasteiger partial charge on any atom is 0.314 e. The number of aliphatic hydroxyl groups is 2. The molecule has 4 heteroatoms. The van der Waals surface area contributed by atoms with Crippen LogP contribution in [0.2, 0.25) is 0 Å². The molecule has 1 atom stereocenters. The minimum absolute atomic E-state index is 0.00553. The van der Waals surface area contributed by atoms with E-state index >= 15 is 0 Å². The van der Waals surface area contributed by atoms with E-state index in [1.165, 1.54) is 0 Å². The van der Waals surface area contributed by atoms with Crippen molar-refractivity contribution in [2.75, 3.05) is 19.8 Å². The molecule has 0 heterocycles. The minimum Gasteiger partial charge on any atom is -0.463 e. The molecular formula is C8H16O4. The summed E-state index contributed by atoms with van der Waals surface area (Å²) in [5, 5.41) is 17.3. The monoisotopic (exact) mass is 176 g/mol. The Morgan fingerprint density at radius 3 is 2.42 bits per heavy atom. The summed E-state index contributed by atoms with van der Waals surface area (Å²) in [5.74, 6) is -0.457. The van der Waals surface area contributed by atoms with E-state index < -0.39 is 11.4 Å². The van der Waals surface area contributed by atoms with Crippen LogP contribution in [0, 0.1) is 5.41 Å². The highest BCUT2D eigenvalue weighted by Gasteiger charge is 2.31. The van der Waals surface area contributed by atoms with Gasteiger partial charge in [-0.15, -0.1) is 0 Å². The molecule has 0 aliphatic heterocycles. The Hall–Kier alpha value is -0.610. The van der Waals surface area contributed by atoms with Crippen LogP contribution in [-0.4, -0.2) is 36.0 Å². The average molecular weight is 176 g/mol. The fraction of sp³-hybridized carbons (Fsp3) is 0.875. The zero-order valence-electron chi connectivity index (χ0n) is 7.54. The first-order chi connectivity index (χ1) is 5.60. The predicted molar refractivity (Wildman–Crippen MR) is 43.5 cm³/mol. The lowest BCUT2D eigenvalue weighted by Crippen LogP contribution is -2.33. The molecule has 0 aromatic heterocycles. The van der Waals surface area contributed by atoms with Gasteiger partial charge in [-0.25, -0.2) is 0 Å². The Kier molecular flexibility index (Phi) is 4.85. The van der Waals surface area contributed by atoms with Gasteiger partial charge < -0.3 is 14.9 Å². The zero-order chi connectivity index (χ0) is 9.61. The van der Waals surface area contributed by atoms with Crippen LogP contribution >= 0.6 is 0 Å². The molecule has 0 aliphatic rings. The smallest absolute Gasteiger partial charge is 0.314 e. The second-order valence-electron chi connectivity index (χ2n) is 2.93. The number of hydrogen-bond acceptors (Lipinski definition) is 4. The van der Waals surface area contributed by atoms with Crippen molar-refractivity contribution in [3.8, 4) is 0 Å². The van der Waals surface area contributed by atoms with E-state index in [4.69, 9.17) is 10.2 Å². The van der Waals surface area contributed by atoms with E-state index in [1.807, 2.05) is 0 Å². The Bertz CT molecular complexity index is 140. The summed E-state index contributed by atoms with van der Waals surface area (Å²) in [5.41, 5.74) is -0.824. The summed E-state index contributed by atoms with van der Waals surface area (Å²) >= 11 is 0. The number of aliphatic hydroxyl groups excluding tert-OH is 2. The largest absolute Gasteiger partial charge is 0.463 e. The van der Waals surface area contributed by atoms with Gasteiger partial charge in [-0.2, -0.15) is 0 Å². The number of carbonyl (C=O) groups is 1. The van der Waals surface area contributed by atoms with Gasteiger partial charge in [-0.1, -0.05) is 6.92 Å². The Morgan fingerprint density at radius 1 is 1.50 bits per heavy atom. The Labute approximate surface area is 72.2 Å². The summed E-state index contributed by atoms with van der Waals surface area (Å²) in [6.07, 6.45) is 0.522. The summed E-state index contributed by atoms with van der Waals surface area (Å²) in [7, 11) is 0. The van der Waals surface area contributed by atoms with Crippen molar-refractivity contribution < 1.29 is 19.7 Å². The van der Waals surface area contributed by atoms with E-state index in [2.05, 4.69) is 4.74 Å². The lowest BCUT2D eigenvalue weighted by atomic mass is 9.89. The normalized spacial score (nSPS) is 15.3. The first kappa shape index (κ1) is 11.4. The van der Waals surface area contributed by atoms with Gasteiger partial charge in [0.1, 0.15) is 6.61 Å². The highest BCUT2D eigenvalue weighted by atomic mass is 16.5. The number of hydrogen-bond donors (Lipinski definition) is 2. The van der Waals surface area contributed by atoms with Gasteiger partial charge in [-0.3, -0.25) is 4.79 Å². The molecule has 12 heavy (non-hydrogen) atoms. The van der Waals surface area contributed by atoms with Crippen LogP contribution in [0.3, 0.4) is 0 Å². The molecule has 0 aromatic carbocycles. The first-order valence-electron chi connectivity index (χ1n) is 3.99. The predicted octanol–water partition coefficient (Wildman–Crippen LogP) is -0.0695. The maximum absolute atomic E-state index is 11.2. The average Bonchev–Trinajstić information content (AvgIpc) is 2.12. The number of ether oxygens (including phenoxy) is 1. The third kappa shape index (κ3) is 2.79. The lowest BCUT2D eigenvalue weighted by Gasteiger charge is -2.22. The van der Waals surface area contributed by atoms with Gasteiger partial charge in [-0.05, 0) is 13.3 Å². The van der Waals surface area contributed by atoms with Crippen molar-refractivity contribution in [3.63, 3.8) is 0 Å². The Balaban J connectivity index is 4.03. The van der Waals surface area contributed by atoms with E-state index in [-0.39, 0.29) is 19.8 Å². The number of carbonyl (C=O) groups excluding carboxylic acids is 1. The molecule has 0 fully saturated rings. The summed E-state index contributed by atoms with van der Waals surface area (Å²) in [6, 6.07) is 0. The first-order valence-corrected chi connectivity index (χ1v) is 3.99. The van der Waals surface area contributed by atoms with Crippen molar-refractivity contribution in [1.82, 2.24) is 0 Å². The van der Waals surface area contributed by atoms with Crippen LogP contribution in [0.5, 0.6) is 0 Å². The summed E-state index contributed by atoms with van der Waals surface area (Å²) in [6.45, 7) is 3.02. The van der Waals surface area contributed by atoms with Crippen molar-refractivity contribution in [2.45, 2.75) is 20.3 Å². The number of esters is 1. The van der Waals surface area contributed by atoms with Gasteiger partial charge in [0.2, 0.25) is 0 Å². The van der Waals surface area contributed by atoms with Crippen molar-refractivity contribution in [1.29, 1.82) is 0 Å². The molecule has 0 saturated carbocycles. The SMILES string of the molecule is CCC(C)(CO)C(=O)OCCO. The quantitative estimate of drug-likeness (QED) is 0.575. The summed E-state index contributed by atoms with van der Waals surface area (Å²) in [4.78, 5) is 11.2. The minimum atomic E-state index is -0.824. The molecule has 72 valence electrons. The molecule has 0 aromatic rings. The van der Waals surface area contributed by atoms with Crippen LogP contribution < -0.4 is 0 Å². The van der Waals surface area contributed by atoms with Gasteiger partial charge in [0.25, 0.3) is 0 Å². The van der Waals surface area contributed by atoms with Crippen molar-refractivity contribution in [3.05, 3.63) is 0 Å². The molecular weight excluding hydrogens is 160 g/mol. The highest BCUT2D eigenvalue weighted by molar-refractivity contribution is 5.76. The van der Waals surface area contributed by atoms with Crippen molar-refractivity contribution in [2.24, 2.45) is 5.41 Å². The fourth-order valence-corrected chi connectivity index (χ4v) is 0.633. The lowest BCUT2D eigenvalue weighted by molar-refractivity contribution is -0.158. The second kappa shape index (κ2) is 5.11. The van der Waals surface area contributed by atoms with Crippen molar-refractivity contribution >= 4 is 5.97 Å². The summed E-state index contributed by atoms with van der Waals surface area (Å²) < 4.78 is 4.69. The van der Waals surface area contributed by atoms with Gasteiger partial charge in [0.15, 0.2) is 0 Å². The molecule has 4 nitrogen and oxygen atoms in total. The molecule has 0 rings (SSSR count). The molecule has 0 amide bonds. The van der Waals surface area contributed by atoms with E-state index in [9.17, 15) is 4.79 Å². The molecule has 0 radical (unpaired) electrons. The van der Waals surface area contributed by atoms with E-state index in [0.717, 1.165) is 0 Å². The third-order valence-corrected chi connectivity index (χ3v) is 1.95. The van der Waals surface area contributed by atoms with Crippen LogP contribution in [0.25, 0.3) is 0 Å². The molecule has 2 N–H and O–H groups in total. The molecule has 1 unspecified atom stereocenters. The fourth-order valence-electron chi connectivity index (χ4n) is 0.633. The second-order valence-corrected chi connectivity index (χ2v) is 2.93. The zero-order valence-corrected chi connectivity index (χ0v) is 7.54. The van der Waals surface area contributed by atoms with Crippen LogP contribution in [0.15, 0.2) is 0 Å². The molecule has 0 bridgehead atoms. The van der Waals surface area contributed by atoms with Crippen LogP contribution in [0.4, 0.5) is 0 Å². The standard InChI is InChI=1S/C8H16O4/c1-3-8(2,6-10)7(11)12-5-4-9/h9-10H,3-6H2,1-2H3. The van der Waals surface area contributed by atoms with Gasteiger partial charge in [0.05, 0.1) is 18.6 Å². The van der Waals surface area contributed by atoms with Crippen LogP contribution in [-0.2, 0) is 9.53 Å².